The van der Waals surface area contributed by atoms with Crippen molar-refractivity contribution < 1.29 is 2.86 Å². The summed E-state index contributed by atoms with van der Waals surface area (Å²) < 4.78 is 13.0. The molecule has 0 aromatic heterocycles. The molecule has 0 aromatic rings. The van der Waals surface area contributed by atoms with Crippen LogP contribution in [0.15, 0.2) is 0 Å². The van der Waals surface area contributed by atoms with Crippen molar-refractivity contribution in [1.82, 2.24) is 0 Å². The molecule has 0 aliphatic carbocycles. The molecule has 0 heterocycles. The van der Waals surface area contributed by atoms with Crippen molar-refractivity contribution in [2.75, 3.05) is 0 Å². The zero-order valence-corrected chi connectivity index (χ0v) is 23.2. The second kappa shape index (κ2) is 9.52. The van der Waals surface area contributed by atoms with Crippen LogP contribution in [0.3, 0.4) is 0 Å². The van der Waals surface area contributed by atoms with Crippen molar-refractivity contribution in [2.24, 2.45) is 0 Å². The number of hydrogen-bond donors (Lipinski definition) is 0. The van der Waals surface area contributed by atoms with Gasteiger partial charge in [0.25, 0.3) is 0 Å². The van der Waals surface area contributed by atoms with Gasteiger partial charge in [-0.1, -0.05) is 0 Å². The Kier molecular flexibility index (Phi) is 15.7. The molecular weight excluding hydrogens is 1160 g/mol. The van der Waals surface area contributed by atoms with Crippen LogP contribution in [0.4, 0.5) is 2.86 Å². The van der Waals surface area contributed by atoms with Crippen LogP contribution in [0.25, 0.3) is 0 Å². The first-order valence-electron chi connectivity index (χ1n) is 1.29. The Morgan fingerprint density at radius 1 is 0.800 bits per heavy atom. The first kappa shape index (κ1) is 16.5. The van der Waals surface area contributed by atoms with E-state index in [-0.39, 0.29) is 0 Å². The maximum atomic E-state index is 13.0. The quantitative estimate of drug-likeness (QED) is 0.250. The zero-order valence-electron chi connectivity index (χ0n) is 3.78. The van der Waals surface area contributed by atoms with Gasteiger partial charge in [0.1, 0.15) is 0 Å². The third kappa shape index (κ3) is 7.72. The third-order valence-electron chi connectivity index (χ3n) is 0.245. The fraction of sp³-hybridized carbons (Fsp3) is 0. The van der Waals surface area contributed by atoms with Gasteiger partial charge in [0.15, 0.2) is 0 Å². The molecule has 0 nitrogen and oxygen atoms in total. The van der Waals surface area contributed by atoms with Crippen LogP contribution in [0.5, 0.6) is 0 Å². The van der Waals surface area contributed by atoms with Gasteiger partial charge in [-0.2, -0.15) is 0 Å². The molecule has 0 aromatic carbocycles. The Morgan fingerprint density at radius 2 is 1.20 bits per heavy atom. The Hall–Kier alpha value is 6.50. The summed E-state index contributed by atoms with van der Waals surface area (Å²) in [6.07, 6.45) is 0. The predicted molar refractivity (Wildman–Crippen MR) is 127 cm³/mol. The SMILES string of the molecule is FI(I)I(I)I(I)I(I)I. The molecule has 0 saturated heterocycles. The summed E-state index contributed by atoms with van der Waals surface area (Å²) in [7, 11) is -2.20. The Labute approximate surface area is 126 Å². The van der Waals surface area contributed by atoms with E-state index in [0.29, 0.717) is 0 Å². The topological polar surface area (TPSA) is 0 Å². The number of halogens is 10. The molecule has 0 amide bonds. The average molecular weight is 1160 g/mol. The summed E-state index contributed by atoms with van der Waals surface area (Å²) in [5, 5.41) is 0. The molecule has 0 fully saturated rings. The van der Waals surface area contributed by atoms with Crippen LogP contribution in [-0.4, -0.2) is 0 Å². The van der Waals surface area contributed by atoms with E-state index in [1.807, 2.05) is 0 Å². The van der Waals surface area contributed by atoms with E-state index in [1.165, 1.54) is 0 Å². The fourth-order valence-electron chi connectivity index (χ4n) is 0.0617. The summed E-state index contributed by atoms with van der Waals surface area (Å²) in [6, 6.07) is 0. The Balaban J connectivity index is 3.81. The van der Waals surface area contributed by atoms with Crippen molar-refractivity contribution in [3.05, 3.63) is 0 Å². The standard InChI is InChI=1S/FI9/c1-7(2)9(5)10(6)8(3)4. The molecule has 10 heteroatoms. The zero-order chi connectivity index (χ0) is 8.31. The van der Waals surface area contributed by atoms with Crippen LogP contribution in [-0.2, 0) is 0 Å². The minimum absolute atomic E-state index is 0.594. The molecule has 0 N–H and O–H groups in total. The molecule has 0 unspecified atom stereocenters. The molecule has 0 aliphatic rings. The van der Waals surface area contributed by atoms with Gasteiger partial charge in [0, 0.05) is 0 Å². The Morgan fingerprint density at radius 3 is 1.30 bits per heavy atom. The van der Waals surface area contributed by atoms with Gasteiger partial charge in [0.2, 0.25) is 0 Å². The molecule has 0 atom stereocenters. The monoisotopic (exact) mass is 1160 g/mol. The second-order valence-electron chi connectivity index (χ2n) is 0.648. The Bertz CT molecular complexity index is 74.7. The van der Waals surface area contributed by atoms with Gasteiger partial charge in [-0.15, -0.1) is 0 Å². The summed E-state index contributed by atoms with van der Waals surface area (Å²) in [6.45, 7) is 0. The van der Waals surface area contributed by atoms with Gasteiger partial charge in [-0.05, 0) is 0 Å². The molecule has 10 heavy (non-hydrogen) atoms. The fourth-order valence-corrected chi connectivity index (χ4v) is 660. The van der Waals surface area contributed by atoms with Crippen LogP contribution < -0.4 is 0 Å². The van der Waals surface area contributed by atoms with E-state index in [2.05, 4.69) is 93.1 Å². The van der Waals surface area contributed by atoms with Crippen molar-refractivity contribution >= 4 is 129 Å². The average Bonchev–Trinajstić information content (AvgIpc) is 1.84. The summed E-state index contributed by atoms with van der Waals surface area (Å²) in [4.78, 5) is 0. The van der Waals surface area contributed by atoms with Crippen molar-refractivity contribution in [3.8, 4) is 0 Å². The van der Waals surface area contributed by atoms with Gasteiger partial charge in [-0.3, -0.25) is 0 Å². The van der Waals surface area contributed by atoms with E-state index in [0.717, 1.165) is 0 Å². The van der Waals surface area contributed by atoms with E-state index in [1.54, 1.807) is 0 Å². The third-order valence-corrected chi connectivity index (χ3v) is 426. The first-order chi connectivity index (χ1) is 4.46. The van der Waals surface area contributed by atoms with Crippen molar-refractivity contribution in [2.45, 2.75) is 0 Å². The molecular formula is FI9. The molecule has 0 spiro atoms. The molecule has 0 bridgehead atoms. The summed E-state index contributed by atoms with van der Waals surface area (Å²) in [5.74, 6) is 0. The van der Waals surface area contributed by atoms with Crippen LogP contribution in [0.1, 0.15) is 0 Å². The summed E-state index contributed by atoms with van der Waals surface area (Å²) in [5.41, 5.74) is 0. The second-order valence-corrected chi connectivity index (χ2v) is 168. The van der Waals surface area contributed by atoms with E-state index < -0.39 is 36.1 Å². The van der Waals surface area contributed by atoms with Gasteiger partial charge >= 0.3 is 132 Å². The van der Waals surface area contributed by atoms with Crippen LogP contribution in [0, 0.1) is 0 Å². The van der Waals surface area contributed by atoms with Crippen molar-refractivity contribution in [1.29, 1.82) is 0 Å². The molecule has 70 valence electrons. The normalized spacial score (nSPS) is 16.2. The van der Waals surface area contributed by atoms with E-state index in [4.69, 9.17) is 0 Å². The van der Waals surface area contributed by atoms with E-state index >= 15 is 0 Å². The molecule has 0 radical (unpaired) electrons. The number of rotatable bonds is 3. The summed E-state index contributed by atoms with van der Waals surface area (Å²) >= 11 is 10.7. The van der Waals surface area contributed by atoms with Crippen molar-refractivity contribution in [3.63, 3.8) is 0 Å². The minimum atomic E-state index is -1.83. The molecule has 0 rings (SSSR count). The van der Waals surface area contributed by atoms with E-state index in [9.17, 15) is 2.86 Å². The van der Waals surface area contributed by atoms with Crippen LogP contribution in [0.2, 0.25) is 0 Å². The van der Waals surface area contributed by atoms with Gasteiger partial charge in [-0.25, -0.2) is 0 Å². The van der Waals surface area contributed by atoms with Gasteiger partial charge in [0.05, 0.1) is 0 Å². The first-order valence-corrected chi connectivity index (χ1v) is 52.4. The number of hydrogen-bond acceptors (Lipinski definition) is 0. The maximum absolute atomic E-state index is 13.0. The molecule has 0 saturated carbocycles. The predicted octanol–water partition coefficient (Wildman–Crippen LogP) is 8.39. The molecule has 0 aliphatic heterocycles. The van der Waals surface area contributed by atoms with Crippen LogP contribution >= 0.6 is 129 Å². The van der Waals surface area contributed by atoms with Gasteiger partial charge < -0.3 is 0 Å².